The van der Waals surface area contributed by atoms with E-state index >= 15 is 17.6 Å². The van der Waals surface area contributed by atoms with E-state index in [0.717, 1.165) is 56.8 Å². The molecule has 0 unspecified atom stereocenters. The van der Waals surface area contributed by atoms with Crippen LogP contribution in [-0.4, -0.2) is 25.1 Å². The second-order valence-electron chi connectivity index (χ2n) is 12.5. The first-order valence-electron chi connectivity index (χ1n) is 16.1. The molecule has 252 valence electrons. The molecule has 0 amide bonds. The van der Waals surface area contributed by atoms with Gasteiger partial charge in [0.15, 0.2) is 28.4 Å². The molecule has 8 bridgehead atoms. The molecule has 1 aliphatic rings. The summed E-state index contributed by atoms with van der Waals surface area (Å²) in [5.41, 5.74) is 8.54. The lowest BCUT2D eigenvalue weighted by Crippen LogP contribution is -2.04. The van der Waals surface area contributed by atoms with Crippen molar-refractivity contribution in [3.63, 3.8) is 0 Å². The van der Waals surface area contributed by atoms with Crippen molar-refractivity contribution in [2.45, 2.75) is 25.7 Å². The van der Waals surface area contributed by atoms with E-state index in [2.05, 4.69) is 15.0 Å². The van der Waals surface area contributed by atoms with Crippen molar-refractivity contribution in [1.82, 2.24) is 19.9 Å². The van der Waals surface area contributed by atoms with Crippen molar-refractivity contribution in [3.8, 4) is 33.4 Å². The number of benzene rings is 3. The van der Waals surface area contributed by atoms with Gasteiger partial charge in [0.1, 0.15) is 0 Å². The van der Waals surface area contributed by atoms with E-state index in [9.17, 15) is 4.79 Å². The number of thioether (sulfide) groups is 1. The van der Waals surface area contributed by atoms with Gasteiger partial charge < -0.3 is 15.0 Å². The second-order valence-corrected chi connectivity index (χ2v) is 13.7. The summed E-state index contributed by atoms with van der Waals surface area (Å²) >= 11 is 0.0909. The average molecular weight is 701 g/mol. The summed E-state index contributed by atoms with van der Waals surface area (Å²) in [5.74, 6) is -6.61. The number of halogens is 4. The Bertz CT molecular complexity index is 2680. The van der Waals surface area contributed by atoms with Crippen LogP contribution >= 0.6 is 11.8 Å². The standard InChI is InChI=1S/C41H28F4N4OS/c1-20-4-8-23(9-5-20)33-27-14-12-25(46-27)26-13-15-28(47-26)34(24-10-6-21(2)7-11-24)30-17-19-32(49-30)35(31-18-16-29(33)48-31)36-37(42)39(44)41(51-22(3)50)40(45)38(36)43/h4-19,46-48H,1-3H3. The summed E-state index contributed by atoms with van der Waals surface area (Å²) in [5, 5.41) is -0.726. The first-order chi connectivity index (χ1) is 24.6. The number of fused-ring (bicyclic) bond motifs is 9. The molecule has 1 aliphatic heterocycles. The third kappa shape index (κ3) is 5.61. The van der Waals surface area contributed by atoms with E-state index in [1.54, 1.807) is 24.3 Å². The van der Waals surface area contributed by atoms with Crippen LogP contribution in [0.2, 0.25) is 0 Å². The Labute approximate surface area is 293 Å². The van der Waals surface area contributed by atoms with Gasteiger partial charge >= 0.3 is 0 Å². The van der Waals surface area contributed by atoms with Gasteiger partial charge in [0.2, 0.25) is 0 Å². The molecule has 0 aliphatic carbocycles. The SMILES string of the molecule is CC(=O)Sc1c(F)c(F)c(-c2c3nc(c(-c4ccc(C)cc4)c4ccc([nH]4)c4ccc([nH]4)c(-c4ccc(C)cc4)c4ccc2[nH]4)C=C3)c(F)c1F. The molecule has 3 N–H and O–H groups in total. The van der Waals surface area contributed by atoms with Crippen molar-refractivity contribution in [1.29, 1.82) is 0 Å². The topological polar surface area (TPSA) is 77.3 Å². The fourth-order valence-corrected chi connectivity index (χ4v) is 7.17. The minimum atomic E-state index is -1.66. The van der Waals surface area contributed by atoms with E-state index in [4.69, 9.17) is 4.98 Å². The zero-order valence-electron chi connectivity index (χ0n) is 27.5. The highest BCUT2D eigenvalue weighted by Gasteiger charge is 2.30. The number of H-pyrrole nitrogens is 3. The fraction of sp³-hybridized carbons (Fsp3) is 0.0732. The number of hydrogen-bond acceptors (Lipinski definition) is 3. The summed E-state index contributed by atoms with van der Waals surface area (Å²) in [6.07, 6.45) is 3.28. The van der Waals surface area contributed by atoms with Crippen LogP contribution in [0.3, 0.4) is 0 Å². The monoisotopic (exact) mass is 700 g/mol. The van der Waals surface area contributed by atoms with Gasteiger partial charge in [-0.3, -0.25) is 4.79 Å². The molecule has 51 heavy (non-hydrogen) atoms. The molecule has 0 spiro atoms. The van der Waals surface area contributed by atoms with E-state index in [0.29, 0.717) is 16.8 Å². The van der Waals surface area contributed by atoms with Gasteiger partial charge in [-0.05, 0) is 85.3 Å². The Kier molecular flexibility index (Phi) is 7.91. The van der Waals surface area contributed by atoms with Gasteiger partial charge in [-0.2, -0.15) is 0 Å². The van der Waals surface area contributed by atoms with Crippen LogP contribution in [0.5, 0.6) is 0 Å². The van der Waals surface area contributed by atoms with E-state index < -0.39 is 38.8 Å². The Hall–Kier alpha value is -5.87. The number of carbonyl (C=O) groups excluding carboxylic acids is 1. The molecule has 8 rings (SSSR count). The largest absolute Gasteiger partial charge is 0.354 e. The fourth-order valence-electron chi connectivity index (χ4n) is 6.53. The smallest absolute Gasteiger partial charge is 0.190 e. The molecule has 7 aromatic rings. The minimum Gasteiger partial charge on any atom is -0.354 e. The van der Waals surface area contributed by atoms with Crippen molar-refractivity contribution in [2.75, 3.05) is 0 Å². The molecule has 4 aromatic heterocycles. The molecular formula is C41H28F4N4OS. The molecule has 0 radical (unpaired) electrons. The summed E-state index contributed by atoms with van der Waals surface area (Å²) < 4.78 is 63.5. The highest BCUT2D eigenvalue weighted by atomic mass is 32.2. The van der Waals surface area contributed by atoms with Gasteiger partial charge in [0, 0.05) is 45.7 Å². The summed E-state index contributed by atoms with van der Waals surface area (Å²) in [6, 6.07) is 26.9. The Morgan fingerprint density at radius 1 is 0.510 bits per heavy atom. The summed E-state index contributed by atoms with van der Waals surface area (Å²) in [4.78, 5) is 25.9. The van der Waals surface area contributed by atoms with Gasteiger partial charge in [-0.25, -0.2) is 22.5 Å². The third-order valence-electron chi connectivity index (χ3n) is 8.98. The minimum absolute atomic E-state index is 0.0756. The first-order valence-corrected chi connectivity index (χ1v) is 16.9. The molecule has 5 nitrogen and oxygen atoms in total. The number of aryl methyl sites for hydroxylation is 2. The number of rotatable bonds is 4. The Morgan fingerprint density at radius 3 is 1.39 bits per heavy atom. The van der Waals surface area contributed by atoms with Crippen LogP contribution in [0.1, 0.15) is 29.4 Å². The third-order valence-corrected chi connectivity index (χ3v) is 9.83. The Balaban J connectivity index is 1.57. The number of nitrogens with one attached hydrogen (secondary N) is 3. The molecular weight excluding hydrogens is 673 g/mol. The molecule has 0 saturated carbocycles. The zero-order valence-corrected chi connectivity index (χ0v) is 28.3. The first kappa shape index (κ1) is 32.3. The van der Waals surface area contributed by atoms with Crippen LogP contribution in [0.15, 0.2) is 89.8 Å². The van der Waals surface area contributed by atoms with Crippen LogP contribution in [0, 0.1) is 37.1 Å². The molecule has 0 saturated heterocycles. The highest BCUT2D eigenvalue weighted by Crippen LogP contribution is 2.41. The highest BCUT2D eigenvalue weighted by molar-refractivity contribution is 8.13. The summed E-state index contributed by atoms with van der Waals surface area (Å²) in [6.45, 7) is 5.02. The lowest BCUT2D eigenvalue weighted by Gasteiger charge is -2.12. The second kappa shape index (κ2) is 12.5. The summed E-state index contributed by atoms with van der Waals surface area (Å²) in [7, 11) is 0. The van der Waals surface area contributed by atoms with Crippen molar-refractivity contribution in [2.24, 2.45) is 0 Å². The van der Waals surface area contributed by atoms with Crippen LogP contribution in [-0.2, 0) is 4.79 Å². The predicted octanol–water partition coefficient (Wildman–Crippen LogP) is 11.5. The molecule has 3 aromatic carbocycles. The van der Waals surface area contributed by atoms with Gasteiger partial charge in [-0.15, -0.1) is 0 Å². The van der Waals surface area contributed by atoms with Gasteiger partial charge in [0.25, 0.3) is 0 Å². The number of aromatic amines is 3. The maximum absolute atomic E-state index is 16.2. The van der Waals surface area contributed by atoms with Crippen molar-refractivity contribution >= 4 is 62.1 Å². The normalized spacial score (nSPS) is 11.9. The lowest BCUT2D eigenvalue weighted by atomic mass is 10.0. The number of hydrogen-bond donors (Lipinski definition) is 3. The molecule has 0 atom stereocenters. The van der Waals surface area contributed by atoms with Crippen molar-refractivity contribution < 1.29 is 22.4 Å². The van der Waals surface area contributed by atoms with Gasteiger partial charge in [0.05, 0.1) is 32.9 Å². The number of aromatic nitrogens is 4. The van der Waals surface area contributed by atoms with E-state index in [1.165, 1.54) is 0 Å². The van der Waals surface area contributed by atoms with Crippen LogP contribution in [0.4, 0.5) is 17.6 Å². The van der Waals surface area contributed by atoms with Crippen molar-refractivity contribution in [3.05, 3.63) is 131 Å². The molecule has 5 heterocycles. The van der Waals surface area contributed by atoms with Crippen LogP contribution in [0.25, 0.3) is 78.6 Å². The van der Waals surface area contributed by atoms with Crippen LogP contribution < -0.4 is 0 Å². The predicted molar refractivity (Wildman–Crippen MR) is 197 cm³/mol. The number of nitrogens with zero attached hydrogens (tertiary/aromatic N) is 1. The van der Waals surface area contributed by atoms with E-state index in [1.807, 2.05) is 86.6 Å². The number of carbonyl (C=O) groups is 1. The molecule has 10 heteroatoms. The molecule has 0 fully saturated rings. The van der Waals surface area contributed by atoms with Gasteiger partial charge in [-0.1, -0.05) is 59.7 Å². The Morgan fingerprint density at radius 2 is 0.902 bits per heavy atom. The zero-order chi connectivity index (χ0) is 35.6. The average Bonchev–Trinajstić information content (AvgIpc) is 3.95. The maximum Gasteiger partial charge on any atom is 0.190 e. The van der Waals surface area contributed by atoms with E-state index in [-0.39, 0.29) is 28.5 Å². The lowest BCUT2D eigenvalue weighted by molar-refractivity contribution is -0.109. The maximum atomic E-state index is 16.2. The quantitative estimate of drug-likeness (QED) is 0.0972.